The quantitative estimate of drug-likeness (QED) is 0.789. The Balaban J connectivity index is 1.83. The van der Waals surface area contributed by atoms with Gasteiger partial charge in [0.1, 0.15) is 11.8 Å². The van der Waals surface area contributed by atoms with Crippen molar-refractivity contribution in [2.45, 2.75) is 6.04 Å². The molecule has 2 rings (SSSR count). The summed E-state index contributed by atoms with van der Waals surface area (Å²) in [6.45, 7) is 4.15. The molecule has 2 N–H and O–H groups in total. The summed E-state index contributed by atoms with van der Waals surface area (Å²) in [7, 11) is 3.03. The van der Waals surface area contributed by atoms with Crippen molar-refractivity contribution in [2.24, 2.45) is 5.73 Å². The normalized spacial score (nSPS) is 17.4. The number of nitrogens with two attached hydrogens (primary N) is 1. The molecule has 0 radical (unpaired) electrons. The molecule has 0 bridgehead atoms. The largest absolute Gasteiger partial charge is 0.497 e. The summed E-state index contributed by atoms with van der Waals surface area (Å²) in [5, 5.41) is 0. The average molecular weight is 293 g/mol. The Morgan fingerprint density at radius 3 is 2.33 bits per heavy atom. The van der Waals surface area contributed by atoms with Crippen molar-refractivity contribution in [3.63, 3.8) is 0 Å². The molecule has 0 saturated carbocycles. The number of hydrogen-bond acceptors (Lipinski definition) is 6. The Hall–Kier alpha value is -1.79. The van der Waals surface area contributed by atoms with E-state index in [1.54, 1.807) is 7.11 Å². The fourth-order valence-electron chi connectivity index (χ4n) is 2.49. The van der Waals surface area contributed by atoms with Crippen LogP contribution in [0.5, 0.6) is 5.75 Å². The van der Waals surface area contributed by atoms with E-state index in [0.29, 0.717) is 6.54 Å². The molecule has 1 aromatic rings. The zero-order valence-corrected chi connectivity index (χ0v) is 12.6. The van der Waals surface area contributed by atoms with E-state index in [4.69, 9.17) is 10.5 Å². The molecule has 0 aromatic heterocycles. The molecule has 6 nitrogen and oxygen atoms in total. The maximum absolute atomic E-state index is 11.3. The zero-order valence-electron chi connectivity index (χ0n) is 12.6. The van der Waals surface area contributed by atoms with Crippen LogP contribution in [0, 0.1) is 0 Å². The van der Waals surface area contributed by atoms with Gasteiger partial charge in [-0.25, -0.2) is 0 Å². The van der Waals surface area contributed by atoms with E-state index >= 15 is 0 Å². The van der Waals surface area contributed by atoms with Gasteiger partial charge in [-0.2, -0.15) is 0 Å². The lowest BCUT2D eigenvalue weighted by molar-refractivity contribution is -0.142. The van der Waals surface area contributed by atoms with Gasteiger partial charge in [0.15, 0.2) is 0 Å². The molecule has 1 atom stereocenters. The summed E-state index contributed by atoms with van der Waals surface area (Å²) in [4.78, 5) is 15.9. The molecule has 1 aliphatic heterocycles. The van der Waals surface area contributed by atoms with E-state index in [0.717, 1.165) is 31.9 Å². The molecule has 21 heavy (non-hydrogen) atoms. The Bertz CT molecular complexity index is 456. The van der Waals surface area contributed by atoms with Gasteiger partial charge in [0.05, 0.1) is 14.2 Å². The molecule has 0 aliphatic carbocycles. The molecule has 6 heteroatoms. The highest BCUT2D eigenvalue weighted by atomic mass is 16.5. The van der Waals surface area contributed by atoms with E-state index in [9.17, 15) is 4.79 Å². The minimum atomic E-state index is -0.567. The molecule has 1 fully saturated rings. The molecule has 1 aromatic carbocycles. The topological polar surface area (TPSA) is 68.0 Å². The minimum absolute atomic E-state index is 0.354. The van der Waals surface area contributed by atoms with Crippen molar-refractivity contribution in [3.8, 4) is 5.75 Å². The van der Waals surface area contributed by atoms with E-state index in [1.165, 1.54) is 12.8 Å². The lowest BCUT2D eigenvalue weighted by Crippen LogP contribution is -2.51. The predicted octanol–water partition coefficient (Wildman–Crippen LogP) is 0.318. The summed E-state index contributed by atoms with van der Waals surface area (Å²) in [6, 6.07) is 7.50. The van der Waals surface area contributed by atoms with Crippen molar-refractivity contribution in [3.05, 3.63) is 24.3 Å². The monoisotopic (exact) mass is 293 g/mol. The fraction of sp³-hybridized carbons (Fsp3) is 0.533. The van der Waals surface area contributed by atoms with Crippen LogP contribution < -0.4 is 15.4 Å². The van der Waals surface area contributed by atoms with Crippen LogP contribution >= 0.6 is 0 Å². The van der Waals surface area contributed by atoms with Crippen LogP contribution in [0.3, 0.4) is 0 Å². The third-order valence-electron chi connectivity index (χ3n) is 3.77. The predicted molar refractivity (Wildman–Crippen MR) is 81.6 cm³/mol. The van der Waals surface area contributed by atoms with E-state index in [1.807, 2.05) is 12.1 Å². The molecule has 0 spiro atoms. The molecule has 116 valence electrons. The highest BCUT2D eigenvalue weighted by Crippen LogP contribution is 2.20. The van der Waals surface area contributed by atoms with Gasteiger partial charge in [-0.3, -0.25) is 9.69 Å². The molecule has 0 amide bonds. The maximum atomic E-state index is 11.3. The van der Waals surface area contributed by atoms with Gasteiger partial charge in [0, 0.05) is 38.4 Å². The smallest absolute Gasteiger partial charge is 0.323 e. The van der Waals surface area contributed by atoms with Gasteiger partial charge in [0.2, 0.25) is 0 Å². The first-order chi connectivity index (χ1) is 10.1. The summed E-state index contributed by atoms with van der Waals surface area (Å²) >= 11 is 0. The Kier molecular flexibility index (Phi) is 5.41. The zero-order chi connectivity index (χ0) is 15.2. The molecule has 1 heterocycles. The number of methoxy groups -OCH3 is 2. The highest BCUT2D eigenvalue weighted by molar-refractivity contribution is 5.75. The van der Waals surface area contributed by atoms with Gasteiger partial charge in [-0.15, -0.1) is 0 Å². The van der Waals surface area contributed by atoms with Gasteiger partial charge < -0.3 is 20.1 Å². The number of carbonyl (C=O) groups is 1. The maximum Gasteiger partial charge on any atom is 0.323 e. The SMILES string of the molecule is COC(=O)C(N)CN1CCN(c2ccc(OC)cc2)CC1. The van der Waals surface area contributed by atoms with Crippen LogP contribution in [-0.2, 0) is 9.53 Å². The Labute approximate surface area is 125 Å². The van der Waals surface area contributed by atoms with Crippen LogP contribution in [0.4, 0.5) is 5.69 Å². The minimum Gasteiger partial charge on any atom is -0.497 e. The van der Waals surface area contributed by atoms with Crippen molar-refractivity contribution >= 4 is 11.7 Å². The molecular weight excluding hydrogens is 270 g/mol. The Morgan fingerprint density at radius 1 is 1.19 bits per heavy atom. The molecule has 1 aliphatic rings. The fourth-order valence-corrected chi connectivity index (χ4v) is 2.49. The van der Waals surface area contributed by atoms with Crippen molar-refractivity contribution in [1.29, 1.82) is 0 Å². The lowest BCUT2D eigenvalue weighted by atomic mass is 10.2. The number of hydrogen-bond donors (Lipinski definition) is 1. The summed E-state index contributed by atoms with van der Waals surface area (Å²) < 4.78 is 9.82. The first kappa shape index (κ1) is 15.6. The number of carbonyl (C=O) groups excluding carboxylic acids is 1. The van der Waals surface area contributed by atoms with Crippen LogP contribution in [-0.4, -0.2) is 63.9 Å². The summed E-state index contributed by atoms with van der Waals surface area (Å²) in [6.07, 6.45) is 0. The number of piperazine rings is 1. The number of benzene rings is 1. The van der Waals surface area contributed by atoms with E-state index in [2.05, 4.69) is 26.7 Å². The van der Waals surface area contributed by atoms with Crippen molar-refractivity contribution in [1.82, 2.24) is 4.90 Å². The summed E-state index contributed by atoms with van der Waals surface area (Å²) in [5.41, 5.74) is 6.98. The second kappa shape index (κ2) is 7.28. The van der Waals surface area contributed by atoms with Gasteiger partial charge in [0.25, 0.3) is 0 Å². The van der Waals surface area contributed by atoms with Crippen LogP contribution in [0.15, 0.2) is 24.3 Å². The van der Waals surface area contributed by atoms with Crippen LogP contribution in [0.25, 0.3) is 0 Å². The highest BCUT2D eigenvalue weighted by Gasteiger charge is 2.22. The average Bonchev–Trinajstić information content (AvgIpc) is 2.55. The number of nitrogens with zero attached hydrogens (tertiary/aromatic N) is 2. The van der Waals surface area contributed by atoms with Crippen LogP contribution in [0.2, 0.25) is 0 Å². The molecule has 1 saturated heterocycles. The summed E-state index contributed by atoms with van der Waals surface area (Å²) in [5.74, 6) is 0.508. The lowest BCUT2D eigenvalue weighted by Gasteiger charge is -2.36. The van der Waals surface area contributed by atoms with E-state index < -0.39 is 6.04 Å². The number of ether oxygens (including phenoxy) is 2. The number of rotatable bonds is 5. The number of esters is 1. The van der Waals surface area contributed by atoms with E-state index in [-0.39, 0.29) is 5.97 Å². The third-order valence-corrected chi connectivity index (χ3v) is 3.77. The van der Waals surface area contributed by atoms with Crippen LogP contribution in [0.1, 0.15) is 0 Å². The standard InChI is InChI=1S/C15H23N3O3/c1-20-13-5-3-12(4-6-13)18-9-7-17(8-10-18)11-14(16)15(19)21-2/h3-6,14H,7-11,16H2,1-2H3. The molecular formula is C15H23N3O3. The first-order valence-corrected chi connectivity index (χ1v) is 7.09. The van der Waals surface area contributed by atoms with Crippen molar-refractivity contribution < 1.29 is 14.3 Å². The third kappa shape index (κ3) is 4.09. The van der Waals surface area contributed by atoms with Gasteiger partial charge >= 0.3 is 5.97 Å². The van der Waals surface area contributed by atoms with Gasteiger partial charge in [-0.1, -0.05) is 0 Å². The van der Waals surface area contributed by atoms with Gasteiger partial charge in [-0.05, 0) is 24.3 Å². The first-order valence-electron chi connectivity index (χ1n) is 7.09. The molecule has 1 unspecified atom stereocenters. The number of anilines is 1. The second-order valence-corrected chi connectivity index (χ2v) is 5.12. The Morgan fingerprint density at radius 2 is 1.81 bits per heavy atom. The second-order valence-electron chi connectivity index (χ2n) is 5.12. The van der Waals surface area contributed by atoms with Crippen molar-refractivity contribution in [2.75, 3.05) is 51.8 Å².